The van der Waals surface area contributed by atoms with Gasteiger partial charge in [0, 0.05) is 0 Å². The van der Waals surface area contributed by atoms with E-state index in [-0.39, 0.29) is 17.0 Å². The fourth-order valence-electron chi connectivity index (χ4n) is 2.71. The van der Waals surface area contributed by atoms with Crippen LogP contribution in [0, 0.1) is 0 Å². The summed E-state index contributed by atoms with van der Waals surface area (Å²) in [6, 6.07) is 0.878. The molecule has 1 atom stereocenters. The molecule has 0 saturated carbocycles. The number of unbranched alkanes of at least 4 members (excludes halogenated alkanes) is 7. The number of hydrogen-bond donors (Lipinski definition) is 0. The van der Waals surface area contributed by atoms with Crippen LogP contribution in [0.1, 0.15) is 84.5 Å². The lowest BCUT2D eigenvalue weighted by Crippen LogP contribution is -3.00. The molecule has 0 bridgehead atoms. The van der Waals surface area contributed by atoms with Gasteiger partial charge in [-0.2, -0.15) is 0 Å². The molecular weight excluding hydrogens is 298 g/mol. The van der Waals surface area contributed by atoms with Crippen molar-refractivity contribution in [3.63, 3.8) is 0 Å². The molecule has 0 aromatic carbocycles. The number of halogens is 1. The van der Waals surface area contributed by atoms with Gasteiger partial charge in [0.25, 0.3) is 0 Å². The molecule has 0 spiro atoms. The highest BCUT2D eigenvalue weighted by atomic mass is 79.9. The van der Waals surface area contributed by atoms with E-state index in [4.69, 9.17) is 0 Å². The van der Waals surface area contributed by atoms with Gasteiger partial charge in [-0.1, -0.05) is 58.8 Å². The largest absolute Gasteiger partial charge is 1.00 e. The SMILES string of the molecule is CCCCCCCC(CCCCCC)[N+](C)(C)C.[Br-]. The van der Waals surface area contributed by atoms with Crippen LogP contribution >= 0.6 is 0 Å². The van der Waals surface area contributed by atoms with E-state index in [2.05, 4.69) is 35.0 Å². The quantitative estimate of drug-likeness (QED) is 0.379. The molecule has 19 heavy (non-hydrogen) atoms. The van der Waals surface area contributed by atoms with Gasteiger partial charge in [0.15, 0.2) is 0 Å². The maximum absolute atomic E-state index is 2.37. The van der Waals surface area contributed by atoms with Crippen LogP contribution in [0.4, 0.5) is 0 Å². The highest BCUT2D eigenvalue weighted by Gasteiger charge is 2.22. The van der Waals surface area contributed by atoms with Gasteiger partial charge in [-0.15, -0.1) is 0 Å². The Bertz CT molecular complexity index is 175. The summed E-state index contributed by atoms with van der Waals surface area (Å²) in [5.74, 6) is 0. The average molecular weight is 336 g/mol. The van der Waals surface area contributed by atoms with Crippen molar-refractivity contribution >= 4 is 0 Å². The highest BCUT2D eigenvalue weighted by Crippen LogP contribution is 2.19. The van der Waals surface area contributed by atoms with Gasteiger partial charge < -0.3 is 21.5 Å². The molecule has 0 aromatic rings. The Hall–Kier alpha value is 0.440. The molecule has 1 nitrogen and oxygen atoms in total. The number of quaternary nitrogens is 1. The minimum atomic E-state index is 0. The second-order valence-electron chi connectivity index (χ2n) is 6.82. The molecule has 0 aliphatic rings. The molecule has 0 N–H and O–H groups in total. The highest BCUT2D eigenvalue weighted by molar-refractivity contribution is 4.60. The van der Waals surface area contributed by atoms with Crippen LogP contribution in [-0.2, 0) is 0 Å². The minimum Gasteiger partial charge on any atom is -1.00 e. The Morgan fingerprint density at radius 2 is 1.00 bits per heavy atom. The monoisotopic (exact) mass is 335 g/mol. The molecular formula is C17H38BrN. The van der Waals surface area contributed by atoms with E-state index in [9.17, 15) is 0 Å². The predicted octanol–water partition coefficient (Wildman–Crippen LogP) is 2.40. The Balaban J connectivity index is 0. The third kappa shape index (κ3) is 13.2. The lowest BCUT2D eigenvalue weighted by molar-refractivity contribution is -0.896. The van der Waals surface area contributed by atoms with Gasteiger partial charge >= 0.3 is 0 Å². The number of rotatable bonds is 12. The van der Waals surface area contributed by atoms with Crippen molar-refractivity contribution in [3.8, 4) is 0 Å². The molecule has 0 saturated heterocycles. The molecule has 2 heteroatoms. The van der Waals surface area contributed by atoms with Crippen LogP contribution in [-0.4, -0.2) is 31.7 Å². The van der Waals surface area contributed by atoms with Gasteiger partial charge in [0.2, 0.25) is 0 Å². The van der Waals surface area contributed by atoms with Gasteiger partial charge in [-0.25, -0.2) is 0 Å². The summed E-state index contributed by atoms with van der Waals surface area (Å²) in [5, 5.41) is 0. The summed E-state index contributed by atoms with van der Waals surface area (Å²) < 4.78 is 1.15. The van der Waals surface area contributed by atoms with Crippen LogP contribution in [0.5, 0.6) is 0 Å². The zero-order valence-corrected chi connectivity index (χ0v) is 15.8. The summed E-state index contributed by atoms with van der Waals surface area (Å²) in [5.41, 5.74) is 0. The first-order valence-corrected chi connectivity index (χ1v) is 8.33. The lowest BCUT2D eigenvalue weighted by Gasteiger charge is -2.34. The number of hydrogen-bond acceptors (Lipinski definition) is 0. The Labute approximate surface area is 133 Å². The van der Waals surface area contributed by atoms with Crippen molar-refractivity contribution in [2.75, 3.05) is 21.1 Å². The zero-order chi connectivity index (χ0) is 13.9. The van der Waals surface area contributed by atoms with E-state index in [1.165, 1.54) is 70.6 Å². The van der Waals surface area contributed by atoms with Crippen molar-refractivity contribution in [2.24, 2.45) is 0 Å². The van der Waals surface area contributed by atoms with Gasteiger partial charge in [-0.05, 0) is 25.7 Å². The van der Waals surface area contributed by atoms with Crippen molar-refractivity contribution in [1.29, 1.82) is 0 Å². The van der Waals surface area contributed by atoms with E-state index in [1.54, 1.807) is 0 Å². The van der Waals surface area contributed by atoms with Gasteiger partial charge in [0.1, 0.15) is 0 Å². The Morgan fingerprint density at radius 3 is 1.37 bits per heavy atom. The first kappa shape index (κ1) is 21.7. The van der Waals surface area contributed by atoms with Crippen LogP contribution in [0.25, 0.3) is 0 Å². The van der Waals surface area contributed by atoms with E-state index in [0.29, 0.717) is 0 Å². The summed E-state index contributed by atoms with van der Waals surface area (Å²) in [4.78, 5) is 0. The molecule has 0 radical (unpaired) electrons. The van der Waals surface area contributed by atoms with Crippen LogP contribution < -0.4 is 17.0 Å². The fourth-order valence-corrected chi connectivity index (χ4v) is 2.71. The van der Waals surface area contributed by atoms with E-state index in [0.717, 1.165) is 10.5 Å². The van der Waals surface area contributed by atoms with Crippen LogP contribution in [0.15, 0.2) is 0 Å². The summed E-state index contributed by atoms with van der Waals surface area (Å²) in [6.07, 6.45) is 15.6. The molecule has 118 valence electrons. The molecule has 0 amide bonds. The van der Waals surface area contributed by atoms with Crippen molar-refractivity contribution < 1.29 is 21.5 Å². The first-order valence-electron chi connectivity index (χ1n) is 8.33. The fraction of sp³-hybridized carbons (Fsp3) is 1.00. The zero-order valence-electron chi connectivity index (χ0n) is 14.2. The van der Waals surface area contributed by atoms with E-state index >= 15 is 0 Å². The Kier molecular flexibility index (Phi) is 15.4. The molecule has 0 aliphatic carbocycles. The molecule has 0 aromatic heterocycles. The standard InChI is InChI=1S/C17H38N.BrH/c1-6-8-10-12-14-16-17(18(3,4)5)15-13-11-9-7-2;/h17H,6-16H2,1-5H3;1H/q+1;/p-1. The second kappa shape index (κ2) is 13.4. The normalized spacial score (nSPS) is 13.1. The first-order chi connectivity index (χ1) is 8.52. The molecule has 1 unspecified atom stereocenters. The minimum absolute atomic E-state index is 0. The van der Waals surface area contributed by atoms with Gasteiger partial charge in [0.05, 0.1) is 27.2 Å². The molecule has 0 heterocycles. The third-order valence-electron chi connectivity index (χ3n) is 4.13. The summed E-state index contributed by atoms with van der Waals surface area (Å²) >= 11 is 0. The van der Waals surface area contributed by atoms with E-state index < -0.39 is 0 Å². The molecule has 0 rings (SSSR count). The van der Waals surface area contributed by atoms with Crippen LogP contribution in [0.2, 0.25) is 0 Å². The Morgan fingerprint density at radius 1 is 0.632 bits per heavy atom. The van der Waals surface area contributed by atoms with Crippen molar-refractivity contribution in [2.45, 2.75) is 90.5 Å². The summed E-state index contributed by atoms with van der Waals surface area (Å²) in [6.45, 7) is 4.59. The van der Waals surface area contributed by atoms with E-state index in [1.807, 2.05) is 0 Å². The smallest absolute Gasteiger partial charge is 0.0884 e. The lowest BCUT2D eigenvalue weighted by atomic mass is 9.98. The van der Waals surface area contributed by atoms with Gasteiger partial charge in [-0.3, -0.25) is 0 Å². The number of nitrogens with zero attached hydrogens (tertiary/aromatic N) is 1. The molecule has 0 fully saturated rings. The maximum atomic E-state index is 2.37. The second-order valence-corrected chi connectivity index (χ2v) is 6.82. The average Bonchev–Trinajstić information content (AvgIpc) is 2.30. The molecule has 0 aliphatic heterocycles. The maximum Gasteiger partial charge on any atom is 0.0884 e. The predicted molar refractivity (Wildman–Crippen MR) is 84.0 cm³/mol. The van der Waals surface area contributed by atoms with Crippen molar-refractivity contribution in [1.82, 2.24) is 0 Å². The topological polar surface area (TPSA) is 0 Å². The van der Waals surface area contributed by atoms with Crippen molar-refractivity contribution in [3.05, 3.63) is 0 Å². The summed E-state index contributed by atoms with van der Waals surface area (Å²) in [7, 11) is 7.11. The van der Waals surface area contributed by atoms with Crippen LogP contribution in [0.3, 0.4) is 0 Å². The third-order valence-corrected chi connectivity index (χ3v) is 4.13.